The monoisotopic (exact) mass is 212 g/mol. The van der Waals surface area contributed by atoms with Crippen LogP contribution >= 0.6 is 0 Å². The Morgan fingerprint density at radius 1 is 1.29 bits per heavy atom. The van der Waals surface area contributed by atoms with Crippen LogP contribution in [-0.2, 0) is 0 Å². The van der Waals surface area contributed by atoms with Crippen molar-refractivity contribution in [3.63, 3.8) is 0 Å². The van der Waals surface area contributed by atoms with Crippen LogP contribution in [0.5, 0.6) is 0 Å². The quantitative estimate of drug-likeness (QED) is 0.600. The average Bonchev–Trinajstić information content (AvgIpc) is 2.14. The molecule has 0 saturated heterocycles. The van der Waals surface area contributed by atoms with Gasteiger partial charge in [0.2, 0.25) is 8.41 Å². The minimum atomic E-state index is -2.51. The van der Waals surface area contributed by atoms with E-state index in [0.29, 0.717) is 12.5 Å². The molecule has 0 aromatic heterocycles. The molecule has 14 heavy (non-hydrogen) atoms. The summed E-state index contributed by atoms with van der Waals surface area (Å²) in [5.41, 5.74) is 0.880. The predicted molar refractivity (Wildman–Crippen MR) is 59.4 cm³/mol. The van der Waals surface area contributed by atoms with E-state index in [4.69, 9.17) is 0 Å². The van der Waals surface area contributed by atoms with Gasteiger partial charge in [-0.25, -0.2) is 0 Å². The maximum Gasteiger partial charge on any atom is 0.241 e. The molecule has 0 bridgehead atoms. The molecule has 0 saturated carbocycles. The number of aliphatic hydroxyl groups is 1. The third-order valence-corrected chi connectivity index (χ3v) is 3.67. The molecule has 0 aliphatic rings. The molecule has 0 aliphatic heterocycles. The van der Waals surface area contributed by atoms with Gasteiger partial charge in [-0.15, -0.1) is 0 Å². The lowest BCUT2D eigenvalue weighted by atomic mass is 10.1. The zero-order valence-corrected chi connectivity index (χ0v) is 9.70. The zero-order chi connectivity index (χ0) is 10.6. The maximum absolute atomic E-state index is 13.3. The molecule has 1 aromatic carbocycles. The molecule has 0 aliphatic carbocycles. The van der Waals surface area contributed by atoms with Gasteiger partial charge in [0.15, 0.2) is 0 Å². The molecule has 1 atom stereocenters. The first-order valence-corrected chi connectivity index (χ1v) is 7.99. The maximum atomic E-state index is 13.3. The van der Waals surface area contributed by atoms with Crippen LogP contribution in [0, 0.1) is 0 Å². The van der Waals surface area contributed by atoms with Crippen LogP contribution in [0.4, 0.5) is 4.11 Å². The summed E-state index contributed by atoms with van der Waals surface area (Å²) in [6, 6.07) is 9.94. The zero-order valence-electron chi connectivity index (χ0n) is 8.70. The van der Waals surface area contributed by atoms with Crippen LogP contribution < -0.4 is 0 Å². The Morgan fingerprint density at radius 3 is 2.36 bits per heavy atom. The predicted octanol–water partition coefficient (Wildman–Crippen LogP) is 3.28. The molecule has 1 nitrogen and oxygen atoms in total. The molecule has 0 radical (unpaired) electrons. The Labute approximate surface area is 85.8 Å². The van der Waals surface area contributed by atoms with E-state index in [1.54, 1.807) is 13.1 Å². The molecule has 1 rings (SSSR count). The van der Waals surface area contributed by atoms with Gasteiger partial charge in [-0.1, -0.05) is 30.3 Å². The van der Waals surface area contributed by atoms with Gasteiger partial charge < -0.3 is 9.21 Å². The van der Waals surface area contributed by atoms with E-state index in [0.717, 1.165) is 5.56 Å². The van der Waals surface area contributed by atoms with E-state index >= 15 is 0 Å². The molecule has 78 valence electrons. The number of rotatable bonds is 4. The summed E-state index contributed by atoms with van der Waals surface area (Å²) >= 11 is 0. The molecule has 0 heterocycles. The van der Waals surface area contributed by atoms with E-state index in [9.17, 15) is 9.21 Å². The topological polar surface area (TPSA) is 20.2 Å². The molecular formula is C11H17FOSi. The third kappa shape index (κ3) is 4.02. The highest BCUT2D eigenvalue weighted by atomic mass is 28.4. The van der Waals surface area contributed by atoms with Gasteiger partial charge >= 0.3 is 0 Å². The first-order chi connectivity index (χ1) is 6.49. The fourth-order valence-electron chi connectivity index (χ4n) is 1.32. The minimum Gasteiger partial charge on any atom is -0.388 e. The summed E-state index contributed by atoms with van der Waals surface area (Å²) in [7, 11) is -2.51. The van der Waals surface area contributed by atoms with Gasteiger partial charge in [-0.3, -0.25) is 0 Å². The molecule has 0 spiro atoms. The van der Waals surface area contributed by atoms with Crippen molar-refractivity contribution in [2.24, 2.45) is 0 Å². The number of halogens is 1. The average molecular weight is 212 g/mol. The third-order valence-electron chi connectivity index (χ3n) is 2.20. The second-order valence-corrected chi connectivity index (χ2v) is 8.12. The Bertz CT molecular complexity index is 268. The van der Waals surface area contributed by atoms with Gasteiger partial charge in [-0.2, -0.15) is 0 Å². The fraction of sp³-hybridized carbons (Fsp3) is 0.455. The van der Waals surface area contributed by atoms with Crippen molar-refractivity contribution in [3.05, 3.63) is 35.9 Å². The molecule has 1 unspecified atom stereocenters. The number of benzene rings is 1. The summed E-state index contributed by atoms with van der Waals surface area (Å²) in [6.07, 6.45) is 0.0124. The Hall–Kier alpha value is -0.673. The van der Waals surface area contributed by atoms with Gasteiger partial charge in [0.25, 0.3) is 0 Å². The van der Waals surface area contributed by atoms with Gasteiger partial charge in [-0.05, 0) is 31.1 Å². The van der Waals surface area contributed by atoms with E-state index in [-0.39, 0.29) is 0 Å². The normalized spacial score (nSPS) is 14.0. The highest BCUT2D eigenvalue weighted by molar-refractivity contribution is 6.70. The van der Waals surface area contributed by atoms with Crippen molar-refractivity contribution >= 4 is 8.41 Å². The van der Waals surface area contributed by atoms with E-state index in [1.165, 1.54) is 0 Å². The van der Waals surface area contributed by atoms with Crippen LogP contribution in [0.25, 0.3) is 0 Å². The van der Waals surface area contributed by atoms with Crippen LogP contribution in [-0.4, -0.2) is 13.5 Å². The van der Waals surface area contributed by atoms with Crippen molar-refractivity contribution in [1.82, 2.24) is 0 Å². The van der Waals surface area contributed by atoms with E-state index in [1.807, 2.05) is 30.3 Å². The highest BCUT2D eigenvalue weighted by Gasteiger charge is 2.21. The number of aliphatic hydroxyl groups excluding tert-OH is 1. The van der Waals surface area contributed by atoms with Gasteiger partial charge in [0.05, 0.1) is 6.10 Å². The summed E-state index contributed by atoms with van der Waals surface area (Å²) in [5, 5.41) is 9.74. The van der Waals surface area contributed by atoms with Gasteiger partial charge in [0, 0.05) is 0 Å². The van der Waals surface area contributed by atoms with E-state index < -0.39 is 14.5 Å². The molecule has 0 amide bonds. The second kappa shape index (κ2) is 4.71. The highest BCUT2D eigenvalue weighted by Crippen LogP contribution is 2.23. The summed E-state index contributed by atoms with van der Waals surface area (Å²) in [5.74, 6) is 0. The minimum absolute atomic E-state index is 0.515. The first kappa shape index (κ1) is 11.4. The van der Waals surface area contributed by atoms with Crippen LogP contribution in [0.1, 0.15) is 18.1 Å². The van der Waals surface area contributed by atoms with Crippen molar-refractivity contribution < 1.29 is 9.21 Å². The lowest BCUT2D eigenvalue weighted by Crippen LogP contribution is -2.18. The van der Waals surface area contributed by atoms with Crippen molar-refractivity contribution in [1.29, 1.82) is 0 Å². The van der Waals surface area contributed by atoms with Crippen LogP contribution in [0.15, 0.2) is 30.3 Å². The summed E-state index contributed by atoms with van der Waals surface area (Å²) in [6.45, 7) is 3.34. The SMILES string of the molecule is C[Si](C)(F)CCC(O)c1ccccc1. The second-order valence-electron chi connectivity index (χ2n) is 4.18. The van der Waals surface area contributed by atoms with Crippen LogP contribution in [0.3, 0.4) is 0 Å². The van der Waals surface area contributed by atoms with Crippen LogP contribution in [0.2, 0.25) is 19.1 Å². The molecule has 0 fully saturated rings. The lowest BCUT2D eigenvalue weighted by Gasteiger charge is -2.15. The van der Waals surface area contributed by atoms with Gasteiger partial charge in [0.1, 0.15) is 0 Å². The molecule has 1 aromatic rings. The first-order valence-electron chi connectivity index (χ1n) is 4.91. The Balaban J connectivity index is 2.48. The van der Waals surface area contributed by atoms with Crippen molar-refractivity contribution in [3.8, 4) is 0 Å². The van der Waals surface area contributed by atoms with Crippen molar-refractivity contribution in [2.75, 3.05) is 0 Å². The summed E-state index contributed by atoms with van der Waals surface area (Å²) in [4.78, 5) is 0. The fourth-order valence-corrected chi connectivity index (χ4v) is 2.28. The molecule has 1 N–H and O–H groups in total. The largest absolute Gasteiger partial charge is 0.388 e. The smallest absolute Gasteiger partial charge is 0.241 e. The Kier molecular flexibility index (Phi) is 3.83. The summed E-state index contributed by atoms with van der Waals surface area (Å²) < 4.78 is 13.3. The number of hydrogen-bond donors (Lipinski definition) is 1. The Morgan fingerprint density at radius 2 is 1.86 bits per heavy atom. The number of hydrogen-bond acceptors (Lipinski definition) is 1. The standard InChI is InChI=1S/C11H17FOSi/c1-14(2,12)9-8-11(13)10-6-4-3-5-7-10/h3-7,11,13H,8-9H2,1-2H3. The van der Waals surface area contributed by atoms with Crippen molar-refractivity contribution in [2.45, 2.75) is 31.7 Å². The molecular weight excluding hydrogens is 195 g/mol. The lowest BCUT2D eigenvalue weighted by molar-refractivity contribution is 0.172. The molecule has 3 heteroatoms. The van der Waals surface area contributed by atoms with E-state index in [2.05, 4.69) is 0 Å².